The van der Waals surface area contributed by atoms with Crippen LogP contribution in [0, 0.1) is 0 Å². The first-order chi connectivity index (χ1) is 1.00. The monoisotopic (exact) mass is 424 g/mol. The minimum atomic E-state index is 0. The quantitative estimate of drug-likeness (QED) is 0.474. The average molecular weight is 423 g/mol. The molecule has 0 aliphatic heterocycles. The van der Waals surface area contributed by atoms with Crippen molar-refractivity contribution in [1.29, 1.82) is 0 Å². The Kier molecular flexibility index (Phi) is 67.4. The first kappa shape index (κ1) is 15.8. The van der Waals surface area contributed by atoms with Crippen LogP contribution in [0.4, 0.5) is 0 Å². The average Bonchev–Trinajstić information content (AvgIpc) is 1.00. The third-order valence-corrected chi connectivity index (χ3v) is 0. The van der Waals surface area contributed by atoms with E-state index in [2.05, 4.69) is 15.9 Å². The van der Waals surface area contributed by atoms with E-state index in [9.17, 15) is 0 Å². The number of rotatable bonds is 0. The van der Waals surface area contributed by atoms with E-state index < -0.39 is 0 Å². The van der Waals surface area contributed by atoms with Crippen molar-refractivity contribution in [3.05, 3.63) is 0 Å². The molecule has 0 amide bonds. The molecular formula is H2BaCuOTl. The van der Waals surface area contributed by atoms with Gasteiger partial charge in [0.25, 0.3) is 0 Å². The minimum absolute atomic E-state index is 0. The van der Waals surface area contributed by atoms with Crippen LogP contribution in [-0.4, -0.2) is 76.2 Å². The fourth-order valence-corrected chi connectivity index (χ4v) is 0. The molecule has 0 spiro atoms. The van der Waals surface area contributed by atoms with E-state index in [0.29, 0.717) is 0 Å². The topological polar surface area (TPSA) is 17.1 Å². The van der Waals surface area contributed by atoms with Gasteiger partial charge in [0.2, 0.25) is 0 Å². The zero-order valence-electron chi connectivity index (χ0n) is 3.99. The second kappa shape index (κ2) is 17.0. The molecule has 0 rings (SSSR count). The van der Waals surface area contributed by atoms with Crippen molar-refractivity contribution in [2.24, 2.45) is 0 Å². The maximum Gasteiger partial charge on any atom is 0 e. The van der Waals surface area contributed by atoms with Crippen molar-refractivity contribution in [1.82, 2.24) is 0 Å². The molecule has 0 fully saturated rings. The molecule has 0 atom stereocenters. The van der Waals surface area contributed by atoms with Gasteiger partial charge in [0, 0.05) is 27.3 Å². The van der Waals surface area contributed by atoms with Crippen LogP contribution in [0.5, 0.6) is 0 Å². The normalized spacial score (nSPS) is 1.50. The van der Waals surface area contributed by atoms with Crippen LogP contribution in [-0.2, 0) is 19.8 Å². The molecule has 0 unspecified atom stereocenters. The van der Waals surface area contributed by atoms with Crippen LogP contribution >= 0.6 is 0 Å². The van der Waals surface area contributed by atoms with E-state index >= 15 is 0 Å². The molecule has 0 aliphatic carbocycles. The molecule has 0 saturated heterocycles. The fraction of sp³-hybridized carbons (Fsp3) is 0. The van der Waals surface area contributed by atoms with Gasteiger partial charge < -0.3 is 2.85 Å². The molecule has 24 valence electrons. The Morgan fingerprint density at radius 1 is 1.50 bits per heavy atom. The third-order valence-electron chi connectivity index (χ3n) is 0. The molecule has 4 heavy (non-hydrogen) atoms. The van der Waals surface area contributed by atoms with Gasteiger partial charge in [0.1, 0.15) is 0 Å². The minimum Gasteiger partial charge on any atom is 0 e. The molecule has 0 N–H and O–H groups in total. The summed E-state index contributed by atoms with van der Waals surface area (Å²) in [7, 11) is 0. The summed E-state index contributed by atoms with van der Waals surface area (Å²) in [6.07, 6.45) is 0. The second-order valence-electron chi connectivity index (χ2n) is 0. The van der Waals surface area contributed by atoms with E-state index in [-0.39, 0.29) is 79.0 Å². The van der Waals surface area contributed by atoms with Gasteiger partial charge in [-0.3, -0.25) is 0 Å². The summed E-state index contributed by atoms with van der Waals surface area (Å²) < 4.78 is 7.81. The predicted octanol–water partition coefficient (Wildman–Crippen LogP) is -0.658. The SMILES string of the molecule is [Ba+2].[H-].[H-].[O]=[Cu].[Tl]. The number of hydrogen-bond acceptors (Lipinski definition) is 1. The van der Waals surface area contributed by atoms with E-state index in [4.69, 9.17) is 3.83 Å². The molecule has 0 saturated carbocycles. The summed E-state index contributed by atoms with van der Waals surface area (Å²) in [4.78, 5) is 0. The molecule has 0 heterocycles. The van der Waals surface area contributed by atoms with Gasteiger partial charge >= 0.3 is 68.7 Å². The Hall–Kier alpha value is 2.81. The van der Waals surface area contributed by atoms with Gasteiger partial charge in [0.05, 0.1) is 0 Å². The Morgan fingerprint density at radius 2 is 1.50 bits per heavy atom. The van der Waals surface area contributed by atoms with Gasteiger partial charge in [-0.2, -0.15) is 0 Å². The standard InChI is InChI=1S/Ba.Cu.O.Tl.2H/q+2;;;;2*-1. The molecule has 0 aromatic carbocycles. The Morgan fingerprint density at radius 3 is 1.50 bits per heavy atom. The Labute approximate surface area is 96.5 Å². The van der Waals surface area contributed by atoms with Crippen LogP contribution in [0.2, 0.25) is 0 Å². The molecule has 1 radical (unpaired) electrons. The Balaban J connectivity index is -0.000000000833. The summed E-state index contributed by atoms with van der Waals surface area (Å²) in [6, 6.07) is 0. The summed E-state index contributed by atoms with van der Waals surface area (Å²) in [5.74, 6) is 0. The fourth-order valence-electron chi connectivity index (χ4n) is 0. The zero-order valence-corrected chi connectivity index (χ0v) is 11.9. The van der Waals surface area contributed by atoms with E-state index in [1.54, 1.807) is 0 Å². The summed E-state index contributed by atoms with van der Waals surface area (Å²) >= 11 is 2.94. The van der Waals surface area contributed by atoms with Gasteiger partial charge in [-0.25, -0.2) is 0 Å². The molecule has 0 aromatic heterocycles. The van der Waals surface area contributed by atoms with Gasteiger partial charge in [0.15, 0.2) is 0 Å². The van der Waals surface area contributed by atoms with Crippen molar-refractivity contribution in [2.75, 3.05) is 0 Å². The first-order valence-electron chi connectivity index (χ1n) is 0.123. The van der Waals surface area contributed by atoms with Gasteiger partial charge in [-0.05, 0) is 0 Å². The van der Waals surface area contributed by atoms with Gasteiger partial charge in [-0.1, -0.05) is 0 Å². The molecule has 4 heteroatoms. The van der Waals surface area contributed by atoms with Crippen molar-refractivity contribution in [3.8, 4) is 0 Å². The molecular weight excluding hydrogens is 421 g/mol. The van der Waals surface area contributed by atoms with E-state index in [1.807, 2.05) is 0 Å². The molecule has 1 nitrogen and oxygen atoms in total. The van der Waals surface area contributed by atoms with Crippen LogP contribution < -0.4 is 0 Å². The van der Waals surface area contributed by atoms with Crippen LogP contribution in [0.25, 0.3) is 0 Å². The number of hydrogen-bond donors (Lipinski definition) is 0. The largest absolute Gasteiger partial charge is 0 e. The van der Waals surface area contributed by atoms with Crippen LogP contribution in [0.3, 0.4) is 0 Å². The van der Waals surface area contributed by atoms with Crippen molar-refractivity contribution < 1.29 is 22.6 Å². The first-order valence-corrected chi connectivity index (χ1v) is 0.508. The van der Waals surface area contributed by atoms with E-state index in [0.717, 1.165) is 0 Å². The third kappa shape index (κ3) is 8.84. The Bertz CT molecular complexity index is 13.5. The maximum absolute atomic E-state index is 7.81. The maximum atomic E-state index is 7.81. The van der Waals surface area contributed by atoms with Crippen molar-refractivity contribution >= 4 is 76.2 Å². The molecule has 0 aromatic rings. The zero-order chi connectivity index (χ0) is 2.00. The molecule has 0 aliphatic rings. The molecule has 0 bridgehead atoms. The van der Waals surface area contributed by atoms with Crippen LogP contribution in [0.1, 0.15) is 2.85 Å². The summed E-state index contributed by atoms with van der Waals surface area (Å²) in [6.45, 7) is 0. The second-order valence-corrected chi connectivity index (χ2v) is 0. The summed E-state index contributed by atoms with van der Waals surface area (Å²) in [5, 5.41) is 0. The van der Waals surface area contributed by atoms with Crippen molar-refractivity contribution in [2.45, 2.75) is 0 Å². The van der Waals surface area contributed by atoms with Gasteiger partial charge in [-0.15, -0.1) is 0 Å². The van der Waals surface area contributed by atoms with Crippen LogP contribution in [0.15, 0.2) is 0 Å². The van der Waals surface area contributed by atoms with Crippen molar-refractivity contribution in [3.63, 3.8) is 0 Å². The summed E-state index contributed by atoms with van der Waals surface area (Å²) in [5.41, 5.74) is 0. The smallest absolute Gasteiger partial charge is 0 e. The van der Waals surface area contributed by atoms with E-state index in [1.165, 1.54) is 0 Å². The predicted molar refractivity (Wildman–Crippen MR) is 14.4 cm³/mol.